The maximum absolute atomic E-state index is 11.3. The predicted octanol–water partition coefficient (Wildman–Crippen LogP) is 3.17. The quantitative estimate of drug-likeness (QED) is 0.485. The first-order chi connectivity index (χ1) is 12.6. The molecule has 6 heteroatoms. The van der Waals surface area contributed by atoms with Gasteiger partial charge in [-0.15, -0.1) is 0 Å². The fourth-order valence-corrected chi connectivity index (χ4v) is 3.21. The van der Waals surface area contributed by atoms with Gasteiger partial charge in [0.15, 0.2) is 0 Å². The Labute approximate surface area is 161 Å². The molecule has 3 unspecified atom stereocenters. The third-order valence-electron chi connectivity index (χ3n) is 3.98. The van der Waals surface area contributed by atoms with Crippen molar-refractivity contribution in [1.82, 2.24) is 0 Å². The van der Waals surface area contributed by atoms with Gasteiger partial charge in [0.25, 0.3) is 0 Å². The molecule has 1 rings (SSSR count). The van der Waals surface area contributed by atoms with Crippen LogP contribution >= 0.6 is 0 Å². The minimum Gasteiger partial charge on any atom is -0.463 e. The van der Waals surface area contributed by atoms with E-state index in [0.29, 0.717) is 19.3 Å². The highest BCUT2D eigenvalue weighted by Crippen LogP contribution is 2.22. The lowest BCUT2D eigenvalue weighted by Crippen LogP contribution is -2.22. The van der Waals surface area contributed by atoms with Crippen molar-refractivity contribution in [3.05, 3.63) is 34.9 Å². The molecule has 0 spiro atoms. The topological polar surface area (TPSA) is 78.9 Å². The van der Waals surface area contributed by atoms with Gasteiger partial charge in [-0.05, 0) is 37.5 Å². The normalized spacial score (nSPS) is 14.0. The lowest BCUT2D eigenvalue weighted by Gasteiger charge is -2.22. The van der Waals surface area contributed by atoms with Gasteiger partial charge in [0.05, 0.1) is 0 Å². The Morgan fingerprint density at radius 2 is 1.04 bits per heavy atom. The third-order valence-corrected chi connectivity index (χ3v) is 3.98. The zero-order chi connectivity index (χ0) is 20.6. The number of ether oxygens (including phenoxy) is 3. The number of benzene rings is 1. The van der Waals surface area contributed by atoms with Crippen LogP contribution in [0, 0.1) is 0 Å². The van der Waals surface area contributed by atoms with Gasteiger partial charge in [0, 0.05) is 40.0 Å². The van der Waals surface area contributed by atoms with Crippen LogP contribution in [0.1, 0.15) is 58.2 Å². The summed E-state index contributed by atoms with van der Waals surface area (Å²) in [5.74, 6) is -0.975. The molecule has 0 aliphatic rings. The van der Waals surface area contributed by atoms with Crippen LogP contribution in [0.4, 0.5) is 0 Å². The second-order valence-corrected chi connectivity index (χ2v) is 6.93. The van der Waals surface area contributed by atoms with E-state index >= 15 is 0 Å². The van der Waals surface area contributed by atoms with E-state index in [0.717, 1.165) is 16.7 Å². The third kappa shape index (κ3) is 8.71. The summed E-state index contributed by atoms with van der Waals surface area (Å²) in [7, 11) is 0. The van der Waals surface area contributed by atoms with E-state index < -0.39 is 0 Å². The van der Waals surface area contributed by atoms with E-state index in [1.54, 1.807) is 0 Å². The van der Waals surface area contributed by atoms with Crippen molar-refractivity contribution in [2.45, 2.75) is 79.1 Å². The minimum atomic E-state index is -0.330. The lowest BCUT2D eigenvalue weighted by atomic mass is 9.90. The van der Waals surface area contributed by atoms with Crippen molar-refractivity contribution in [3.63, 3.8) is 0 Å². The molecule has 0 bridgehead atoms. The van der Waals surface area contributed by atoms with Gasteiger partial charge >= 0.3 is 17.9 Å². The highest BCUT2D eigenvalue weighted by Gasteiger charge is 2.18. The van der Waals surface area contributed by atoms with Gasteiger partial charge < -0.3 is 14.2 Å². The summed E-state index contributed by atoms with van der Waals surface area (Å²) < 4.78 is 15.8. The zero-order valence-corrected chi connectivity index (χ0v) is 17.0. The average Bonchev–Trinajstić information content (AvgIpc) is 2.47. The second-order valence-electron chi connectivity index (χ2n) is 6.93. The number of hydrogen-bond acceptors (Lipinski definition) is 6. The molecular formula is C21H30O6. The van der Waals surface area contributed by atoms with Gasteiger partial charge in [-0.1, -0.05) is 18.2 Å². The first kappa shape index (κ1) is 22.7. The fraction of sp³-hybridized carbons (Fsp3) is 0.571. The minimum absolute atomic E-state index is 0.272. The van der Waals surface area contributed by atoms with Gasteiger partial charge in [0.1, 0.15) is 18.3 Å². The lowest BCUT2D eigenvalue weighted by molar-refractivity contribution is -0.146. The van der Waals surface area contributed by atoms with Gasteiger partial charge in [-0.2, -0.15) is 0 Å². The van der Waals surface area contributed by atoms with Crippen molar-refractivity contribution < 1.29 is 28.6 Å². The maximum Gasteiger partial charge on any atom is 0.302 e. The molecule has 0 aliphatic carbocycles. The standard InChI is InChI=1S/C21H30O6/c1-13(25-16(4)22)10-19-8-7-9-20(11-14(2)26-17(5)23)21(19)12-15(3)27-18(6)24/h7-9,13-15H,10-12H2,1-6H3. The first-order valence-electron chi connectivity index (χ1n) is 9.19. The predicted molar refractivity (Wildman–Crippen MR) is 101 cm³/mol. The summed E-state index contributed by atoms with van der Waals surface area (Å²) >= 11 is 0. The van der Waals surface area contributed by atoms with Crippen molar-refractivity contribution >= 4 is 17.9 Å². The molecule has 3 atom stereocenters. The van der Waals surface area contributed by atoms with Crippen molar-refractivity contribution in [2.24, 2.45) is 0 Å². The molecule has 0 amide bonds. The molecule has 1 aromatic carbocycles. The van der Waals surface area contributed by atoms with Crippen LogP contribution in [0.2, 0.25) is 0 Å². The fourth-order valence-electron chi connectivity index (χ4n) is 3.21. The molecule has 150 valence electrons. The summed E-state index contributed by atoms with van der Waals surface area (Å²) in [4.78, 5) is 33.7. The Morgan fingerprint density at radius 3 is 1.37 bits per heavy atom. The number of rotatable bonds is 9. The highest BCUT2D eigenvalue weighted by atomic mass is 16.5. The highest BCUT2D eigenvalue weighted by molar-refractivity contribution is 5.67. The van der Waals surface area contributed by atoms with Crippen LogP contribution in [-0.4, -0.2) is 36.2 Å². The molecule has 1 aromatic rings. The van der Waals surface area contributed by atoms with Gasteiger partial charge in [-0.25, -0.2) is 0 Å². The van der Waals surface area contributed by atoms with E-state index in [1.807, 2.05) is 39.0 Å². The van der Waals surface area contributed by atoms with Gasteiger partial charge in [-0.3, -0.25) is 14.4 Å². The largest absolute Gasteiger partial charge is 0.463 e. The molecule has 0 radical (unpaired) electrons. The Bertz CT molecular complexity index is 624. The number of carbonyl (C=O) groups is 3. The molecule has 0 saturated heterocycles. The maximum atomic E-state index is 11.3. The summed E-state index contributed by atoms with van der Waals surface area (Å²) in [5, 5.41) is 0. The molecule has 27 heavy (non-hydrogen) atoms. The van der Waals surface area contributed by atoms with Crippen LogP contribution < -0.4 is 0 Å². The van der Waals surface area contributed by atoms with Crippen LogP contribution in [0.5, 0.6) is 0 Å². The smallest absolute Gasteiger partial charge is 0.302 e. The monoisotopic (exact) mass is 378 g/mol. The molecule has 0 heterocycles. The van der Waals surface area contributed by atoms with E-state index in [1.165, 1.54) is 20.8 Å². The molecule has 0 saturated carbocycles. The molecule has 0 aromatic heterocycles. The average molecular weight is 378 g/mol. The Hall–Kier alpha value is -2.37. The van der Waals surface area contributed by atoms with Crippen molar-refractivity contribution in [2.75, 3.05) is 0 Å². The molecule has 0 fully saturated rings. The number of esters is 3. The number of hydrogen-bond donors (Lipinski definition) is 0. The Kier molecular flexibility index (Phi) is 8.98. The van der Waals surface area contributed by atoms with E-state index in [2.05, 4.69) is 0 Å². The van der Waals surface area contributed by atoms with Crippen molar-refractivity contribution in [1.29, 1.82) is 0 Å². The Balaban J connectivity index is 3.12. The van der Waals surface area contributed by atoms with Crippen LogP contribution in [0.25, 0.3) is 0 Å². The summed E-state index contributed by atoms with van der Waals surface area (Å²) in [6.07, 6.45) is 0.799. The van der Waals surface area contributed by atoms with Crippen LogP contribution in [0.15, 0.2) is 18.2 Å². The zero-order valence-electron chi connectivity index (χ0n) is 17.0. The SMILES string of the molecule is CC(=O)OC(C)Cc1cccc(CC(C)OC(C)=O)c1CC(C)OC(C)=O. The molecule has 0 N–H and O–H groups in total. The molecular weight excluding hydrogens is 348 g/mol. The second kappa shape index (κ2) is 10.7. The Morgan fingerprint density at radius 1 is 0.704 bits per heavy atom. The number of carbonyl (C=O) groups excluding carboxylic acids is 3. The summed E-state index contributed by atoms with van der Waals surface area (Å²) in [6, 6.07) is 5.90. The summed E-state index contributed by atoms with van der Waals surface area (Å²) in [5.41, 5.74) is 3.08. The van der Waals surface area contributed by atoms with E-state index in [9.17, 15) is 14.4 Å². The van der Waals surface area contributed by atoms with Crippen molar-refractivity contribution in [3.8, 4) is 0 Å². The van der Waals surface area contributed by atoms with Gasteiger partial charge in [0.2, 0.25) is 0 Å². The van der Waals surface area contributed by atoms with Crippen LogP contribution in [-0.2, 0) is 47.9 Å². The van der Waals surface area contributed by atoms with Crippen LogP contribution in [0.3, 0.4) is 0 Å². The molecule has 0 aliphatic heterocycles. The summed E-state index contributed by atoms with van der Waals surface area (Å²) in [6.45, 7) is 9.68. The molecule has 6 nitrogen and oxygen atoms in total. The van der Waals surface area contributed by atoms with E-state index in [4.69, 9.17) is 14.2 Å². The van der Waals surface area contributed by atoms with E-state index in [-0.39, 0.29) is 36.2 Å². The first-order valence-corrected chi connectivity index (χ1v) is 9.19.